The number of hydrogen-bond acceptors (Lipinski definition) is 2. The Kier molecular flexibility index (Phi) is 3.33. The highest BCUT2D eigenvalue weighted by Gasteiger charge is 2.22. The van der Waals surface area contributed by atoms with E-state index in [0.717, 1.165) is 12.2 Å². The minimum absolute atomic E-state index is 0.393. The molecule has 0 bridgehead atoms. The predicted octanol–water partition coefficient (Wildman–Crippen LogP) is 4.89. The average molecular weight is 255 g/mol. The molecule has 0 radical (unpaired) electrons. The van der Waals surface area contributed by atoms with Gasteiger partial charge < -0.3 is 9.73 Å². The summed E-state index contributed by atoms with van der Waals surface area (Å²) in [6.07, 6.45) is 5.27. The third kappa shape index (κ3) is 2.53. The highest BCUT2D eigenvalue weighted by Crippen LogP contribution is 2.33. The van der Waals surface area contributed by atoms with Crippen LogP contribution in [-0.2, 0) is 6.42 Å². The first-order valence-corrected chi connectivity index (χ1v) is 7.17. The summed E-state index contributed by atoms with van der Waals surface area (Å²) in [7, 11) is 0. The number of anilines is 1. The van der Waals surface area contributed by atoms with E-state index in [1.54, 1.807) is 0 Å². The van der Waals surface area contributed by atoms with Gasteiger partial charge in [-0.15, -0.1) is 0 Å². The fraction of sp³-hybridized carbons (Fsp3) is 0.412. The first-order chi connectivity index (χ1) is 9.24. The zero-order valence-electron chi connectivity index (χ0n) is 11.6. The van der Waals surface area contributed by atoms with E-state index in [1.807, 2.05) is 6.26 Å². The molecule has 1 N–H and O–H groups in total. The topological polar surface area (TPSA) is 25.2 Å². The zero-order valence-corrected chi connectivity index (χ0v) is 11.6. The van der Waals surface area contributed by atoms with Crippen molar-refractivity contribution in [3.8, 4) is 0 Å². The molecule has 19 heavy (non-hydrogen) atoms. The van der Waals surface area contributed by atoms with Crippen molar-refractivity contribution in [2.45, 2.75) is 45.1 Å². The number of fused-ring (bicyclic) bond motifs is 1. The standard InChI is InChI=1S/C17H21NO/c1-12(2)13-5-3-6-14(11-13)18-16-7-4-8-17-15(16)9-10-19-17/h3,5-6,9-12,16,18H,4,7-8H2,1-2H3. The van der Waals surface area contributed by atoms with Gasteiger partial charge in [-0.2, -0.15) is 0 Å². The van der Waals surface area contributed by atoms with Crippen molar-refractivity contribution < 1.29 is 4.42 Å². The second-order valence-corrected chi connectivity index (χ2v) is 5.67. The second-order valence-electron chi connectivity index (χ2n) is 5.67. The van der Waals surface area contributed by atoms with Crippen LogP contribution < -0.4 is 5.32 Å². The molecule has 1 atom stereocenters. The molecule has 0 saturated heterocycles. The maximum Gasteiger partial charge on any atom is 0.109 e. The molecule has 1 aromatic heterocycles. The van der Waals surface area contributed by atoms with Crippen molar-refractivity contribution in [2.75, 3.05) is 5.32 Å². The lowest BCUT2D eigenvalue weighted by Gasteiger charge is -2.24. The van der Waals surface area contributed by atoms with E-state index in [1.165, 1.54) is 29.7 Å². The Labute approximate surface area is 114 Å². The third-order valence-electron chi connectivity index (χ3n) is 3.95. The molecule has 1 unspecified atom stereocenters. The molecule has 0 fully saturated rings. The lowest BCUT2D eigenvalue weighted by Crippen LogP contribution is -2.15. The highest BCUT2D eigenvalue weighted by molar-refractivity contribution is 5.49. The molecule has 2 heteroatoms. The minimum atomic E-state index is 0.393. The second kappa shape index (κ2) is 5.12. The molecule has 0 amide bonds. The van der Waals surface area contributed by atoms with Gasteiger partial charge in [-0.3, -0.25) is 0 Å². The van der Waals surface area contributed by atoms with Crippen LogP contribution in [0.3, 0.4) is 0 Å². The van der Waals surface area contributed by atoms with Gasteiger partial charge in [-0.05, 0) is 42.5 Å². The van der Waals surface area contributed by atoms with Crippen LogP contribution in [0, 0.1) is 0 Å². The lowest BCUT2D eigenvalue weighted by molar-refractivity contribution is 0.461. The fourth-order valence-electron chi connectivity index (χ4n) is 2.83. The Balaban J connectivity index is 1.81. The Hall–Kier alpha value is -1.70. The molecule has 2 nitrogen and oxygen atoms in total. The van der Waals surface area contributed by atoms with Gasteiger partial charge in [0.2, 0.25) is 0 Å². The summed E-state index contributed by atoms with van der Waals surface area (Å²) < 4.78 is 5.55. The molecule has 0 saturated carbocycles. The summed E-state index contributed by atoms with van der Waals surface area (Å²) in [5, 5.41) is 3.66. The Bertz CT molecular complexity index is 556. The van der Waals surface area contributed by atoms with E-state index in [2.05, 4.69) is 49.5 Å². The number of aryl methyl sites for hydroxylation is 1. The van der Waals surface area contributed by atoms with Crippen LogP contribution in [0.4, 0.5) is 5.69 Å². The summed E-state index contributed by atoms with van der Waals surface area (Å²) in [5.74, 6) is 1.72. The van der Waals surface area contributed by atoms with Crippen LogP contribution in [0.2, 0.25) is 0 Å². The molecule has 0 aliphatic heterocycles. The number of nitrogens with one attached hydrogen (secondary N) is 1. The zero-order chi connectivity index (χ0) is 13.2. The van der Waals surface area contributed by atoms with E-state index in [-0.39, 0.29) is 0 Å². The largest absolute Gasteiger partial charge is 0.469 e. The first kappa shape index (κ1) is 12.3. The van der Waals surface area contributed by atoms with Crippen molar-refractivity contribution in [2.24, 2.45) is 0 Å². The Morgan fingerprint density at radius 2 is 2.16 bits per heavy atom. The smallest absolute Gasteiger partial charge is 0.109 e. The molecule has 100 valence electrons. The quantitative estimate of drug-likeness (QED) is 0.844. The van der Waals surface area contributed by atoms with Crippen LogP contribution in [-0.4, -0.2) is 0 Å². The van der Waals surface area contributed by atoms with Gasteiger partial charge in [0.25, 0.3) is 0 Å². The van der Waals surface area contributed by atoms with E-state index >= 15 is 0 Å². The minimum Gasteiger partial charge on any atom is -0.469 e. The first-order valence-electron chi connectivity index (χ1n) is 7.17. The highest BCUT2D eigenvalue weighted by atomic mass is 16.3. The normalized spacial score (nSPS) is 18.4. The molecule has 1 aliphatic rings. The van der Waals surface area contributed by atoms with Gasteiger partial charge in [0.15, 0.2) is 0 Å². The van der Waals surface area contributed by atoms with Crippen molar-refractivity contribution in [3.05, 3.63) is 53.5 Å². The lowest BCUT2D eigenvalue weighted by atomic mass is 9.93. The van der Waals surface area contributed by atoms with E-state index in [9.17, 15) is 0 Å². The number of furan rings is 1. The summed E-state index contributed by atoms with van der Waals surface area (Å²) in [6, 6.07) is 11.2. The van der Waals surface area contributed by atoms with Crippen molar-refractivity contribution in [1.82, 2.24) is 0 Å². The molecule has 1 heterocycles. The Morgan fingerprint density at radius 1 is 1.26 bits per heavy atom. The molecule has 2 aromatic rings. The number of hydrogen-bond donors (Lipinski definition) is 1. The van der Waals surface area contributed by atoms with Crippen LogP contribution in [0.5, 0.6) is 0 Å². The Morgan fingerprint density at radius 3 is 3.00 bits per heavy atom. The fourth-order valence-corrected chi connectivity index (χ4v) is 2.83. The van der Waals surface area contributed by atoms with Gasteiger partial charge in [0, 0.05) is 17.7 Å². The van der Waals surface area contributed by atoms with E-state index in [0.29, 0.717) is 12.0 Å². The summed E-state index contributed by atoms with van der Waals surface area (Å²) in [4.78, 5) is 0. The maximum atomic E-state index is 5.55. The summed E-state index contributed by atoms with van der Waals surface area (Å²) in [5.41, 5.74) is 3.93. The van der Waals surface area contributed by atoms with Crippen LogP contribution in [0.15, 0.2) is 41.0 Å². The van der Waals surface area contributed by atoms with Crippen LogP contribution >= 0.6 is 0 Å². The molecular weight excluding hydrogens is 234 g/mol. The number of benzene rings is 1. The predicted molar refractivity (Wildman–Crippen MR) is 78.5 cm³/mol. The van der Waals surface area contributed by atoms with Crippen molar-refractivity contribution in [1.29, 1.82) is 0 Å². The number of rotatable bonds is 3. The molecule has 0 spiro atoms. The molecule has 1 aliphatic carbocycles. The monoisotopic (exact) mass is 255 g/mol. The van der Waals surface area contributed by atoms with Crippen molar-refractivity contribution in [3.63, 3.8) is 0 Å². The van der Waals surface area contributed by atoms with Crippen molar-refractivity contribution >= 4 is 5.69 Å². The van der Waals surface area contributed by atoms with E-state index in [4.69, 9.17) is 4.42 Å². The molecular formula is C17H21NO. The summed E-state index contributed by atoms with van der Waals surface area (Å²) in [6.45, 7) is 4.46. The van der Waals surface area contributed by atoms with Gasteiger partial charge in [0.05, 0.1) is 12.3 Å². The molecule has 1 aromatic carbocycles. The van der Waals surface area contributed by atoms with Gasteiger partial charge in [0.1, 0.15) is 5.76 Å². The van der Waals surface area contributed by atoms with Crippen LogP contribution in [0.25, 0.3) is 0 Å². The van der Waals surface area contributed by atoms with Gasteiger partial charge >= 0.3 is 0 Å². The van der Waals surface area contributed by atoms with E-state index < -0.39 is 0 Å². The SMILES string of the molecule is CC(C)c1cccc(NC2CCCc3occc32)c1. The maximum absolute atomic E-state index is 5.55. The molecule has 3 rings (SSSR count). The van der Waals surface area contributed by atoms with Gasteiger partial charge in [-0.1, -0.05) is 26.0 Å². The third-order valence-corrected chi connectivity index (χ3v) is 3.95. The van der Waals surface area contributed by atoms with Gasteiger partial charge in [-0.25, -0.2) is 0 Å². The summed E-state index contributed by atoms with van der Waals surface area (Å²) >= 11 is 0. The van der Waals surface area contributed by atoms with Crippen LogP contribution in [0.1, 0.15) is 55.5 Å². The average Bonchev–Trinajstić information content (AvgIpc) is 2.88.